The van der Waals surface area contributed by atoms with E-state index in [4.69, 9.17) is 25.4 Å². The molecule has 212 valence electrons. The molecule has 1 unspecified atom stereocenters. The number of fused-ring (bicyclic) bond motifs is 6. The first-order valence-corrected chi connectivity index (χ1v) is 14.0. The van der Waals surface area contributed by atoms with Gasteiger partial charge in [-0.15, -0.1) is 0 Å². The molecule has 0 bridgehead atoms. The molecule has 2 aromatic carbocycles. The van der Waals surface area contributed by atoms with Crippen LogP contribution in [-0.2, 0) is 24.4 Å². The van der Waals surface area contributed by atoms with Crippen molar-refractivity contribution in [1.82, 2.24) is 29.1 Å². The van der Waals surface area contributed by atoms with Crippen LogP contribution in [0.25, 0.3) is 43.9 Å². The Hall–Kier alpha value is -4.28. The van der Waals surface area contributed by atoms with Crippen LogP contribution in [0.1, 0.15) is 40.4 Å². The lowest BCUT2D eigenvalue weighted by molar-refractivity contribution is 0.0486. The molecule has 10 heteroatoms. The highest BCUT2D eigenvalue weighted by Gasteiger charge is 2.23. The van der Waals surface area contributed by atoms with Crippen molar-refractivity contribution in [2.24, 2.45) is 5.92 Å². The second-order valence-corrected chi connectivity index (χ2v) is 11.7. The number of aromatic nitrogens is 6. The normalized spacial score (nSPS) is 13.2. The number of imidazole rings is 2. The zero-order valence-electron chi connectivity index (χ0n) is 24.1. The van der Waals surface area contributed by atoms with E-state index in [1.807, 2.05) is 60.3 Å². The summed E-state index contributed by atoms with van der Waals surface area (Å²) in [4.78, 5) is 19.0. The molecule has 10 nitrogen and oxygen atoms in total. The molecular weight excluding hydrogens is 516 g/mol. The SMILES string of the molecule is CC(C)Cn1cnc2c(NC(C)OCc3nc4c(N)nc5ccccc5c4n3CC(C)(C)O)nc3ccccc3c21. The predicted octanol–water partition coefficient (Wildman–Crippen LogP) is 5.47. The Labute approximate surface area is 238 Å². The van der Waals surface area contributed by atoms with Crippen LogP contribution in [0.2, 0.25) is 0 Å². The van der Waals surface area contributed by atoms with Crippen molar-refractivity contribution in [3.63, 3.8) is 0 Å². The summed E-state index contributed by atoms with van der Waals surface area (Å²) in [5, 5.41) is 16.2. The number of rotatable bonds is 9. The van der Waals surface area contributed by atoms with Crippen molar-refractivity contribution >= 4 is 55.5 Å². The minimum atomic E-state index is -0.985. The Balaban J connectivity index is 1.34. The molecule has 41 heavy (non-hydrogen) atoms. The van der Waals surface area contributed by atoms with E-state index in [0.717, 1.165) is 44.9 Å². The van der Waals surface area contributed by atoms with E-state index in [-0.39, 0.29) is 6.61 Å². The van der Waals surface area contributed by atoms with Gasteiger partial charge in [-0.2, -0.15) is 0 Å². The summed E-state index contributed by atoms with van der Waals surface area (Å²) in [6.45, 7) is 11.2. The van der Waals surface area contributed by atoms with Gasteiger partial charge in [-0.05, 0) is 38.8 Å². The van der Waals surface area contributed by atoms with Crippen LogP contribution < -0.4 is 11.1 Å². The van der Waals surface area contributed by atoms with Gasteiger partial charge in [0, 0.05) is 17.3 Å². The Kier molecular flexibility index (Phi) is 6.75. The largest absolute Gasteiger partial charge is 0.389 e. The Morgan fingerprint density at radius 1 is 0.927 bits per heavy atom. The molecule has 0 radical (unpaired) electrons. The summed E-state index contributed by atoms with van der Waals surface area (Å²) in [5.41, 5.74) is 10.3. The highest BCUT2D eigenvalue weighted by atomic mass is 16.5. The lowest BCUT2D eigenvalue weighted by Gasteiger charge is -2.21. The van der Waals surface area contributed by atoms with Crippen LogP contribution in [-0.4, -0.2) is 46.0 Å². The number of pyridine rings is 2. The number of ether oxygens (including phenoxy) is 1. The van der Waals surface area contributed by atoms with Gasteiger partial charge in [-0.25, -0.2) is 19.9 Å². The van der Waals surface area contributed by atoms with Crippen LogP contribution in [0.5, 0.6) is 0 Å². The van der Waals surface area contributed by atoms with Crippen molar-refractivity contribution in [3.05, 3.63) is 60.7 Å². The maximum absolute atomic E-state index is 10.8. The third kappa shape index (κ3) is 5.16. The minimum Gasteiger partial charge on any atom is -0.389 e. The molecule has 0 aliphatic carbocycles. The minimum absolute atomic E-state index is 0.186. The number of nitrogens with one attached hydrogen (secondary N) is 1. The number of nitrogen functional groups attached to an aromatic ring is 1. The van der Waals surface area contributed by atoms with Crippen molar-refractivity contribution in [2.75, 3.05) is 11.1 Å². The molecule has 0 saturated heterocycles. The van der Waals surface area contributed by atoms with E-state index >= 15 is 0 Å². The number of para-hydroxylation sites is 2. The first-order chi connectivity index (χ1) is 19.6. The summed E-state index contributed by atoms with van der Waals surface area (Å²) in [5.74, 6) is 2.14. The highest BCUT2D eigenvalue weighted by molar-refractivity contribution is 6.07. The van der Waals surface area contributed by atoms with Crippen LogP contribution in [0.15, 0.2) is 54.9 Å². The average molecular weight is 553 g/mol. The molecular formula is C31H36N8O2. The molecule has 0 fully saturated rings. The number of nitrogens with two attached hydrogens (primary N) is 1. The topological polar surface area (TPSA) is 129 Å². The van der Waals surface area contributed by atoms with Crippen molar-refractivity contribution < 1.29 is 9.84 Å². The summed E-state index contributed by atoms with van der Waals surface area (Å²) in [7, 11) is 0. The molecule has 0 saturated carbocycles. The third-order valence-corrected chi connectivity index (χ3v) is 7.05. The van der Waals surface area contributed by atoms with Gasteiger partial charge in [-0.3, -0.25) is 0 Å². The number of nitrogens with zero attached hydrogens (tertiary/aromatic N) is 6. The molecule has 4 aromatic heterocycles. The van der Waals surface area contributed by atoms with Gasteiger partial charge >= 0.3 is 0 Å². The lowest BCUT2D eigenvalue weighted by Crippen LogP contribution is -2.28. The van der Waals surface area contributed by atoms with Crippen LogP contribution in [0.4, 0.5) is 11.6 Å². The van der Waals surface area contributed by atoms with E-state index in [0.29, 0.717) is 35.4 Å². The summed E-state index contributed by atoms with van der Waals surface area (Å²) in [6, 6.07) is 15.9. The fraction of sp³-hybridized carbons (Fsp3) is 0.355. The molecule has 6 rings (SSSR count). The summed E-state index contributed by atoms with van der Waals surface area (Å²) >= 11 is 0. The second-order valence-electron chi connectivity index (χ2n) is 11.7. The molecule has 0 aliphatic rings. The van der Waals surface area contributed by atoms with Crippen molar-refractivity contribution in [2.45, 2.75) is 66.1 Å². The molecule has 1 atom stereocenters. The molecule has 6 aromatic rings. The standard InChI is InChI=1S/C31H36N8O2/c1-18(2)14-38-17-33-26-27(38)20-10-6-9-13-23(20)36-30(26)34-19(3)41-15-24-37-25-28(39(24)16-31(4,5)40)21-11-7-8-12-22(21)35-29(25)32/h6-13,17-19,40H,14-16H2,1-5H3,(H2,32,35)(H,34,36). The van der Waals surface area contributed by atoms with Gasteiger partial charge in [0.05, 0.1) is 40.5 Å². The van der Waals surface area contributed by atoms with Crippen LogP contribution in [0.3, 0.4) is 0 Å². The van der Waals surface area contributed by atoms with Crippen LogP contribution >= 0.6 is 0 Å². The first-order valence-electron chi connectivity index (χ1n) is 14.0. The quantitative estimate of drug-likeness (QED) is 0.202. The summed E-state index contributed by atoms with van der Waals surface area (Å²) < 4.78 is 10.5. The predicted molar refractivity (Wildman–Crippen MR) is 163 cm³/mol. The molecule has 4 heterocycles. The monoisotopic (exact) mass is 552 g/mol. The fourth-order valence-electron chi connectivity index (χ4n) is 5.42. The van der Waals surface area contributed by atoms with Gasteiger partial charge < -0.3 is 30.0 Å². The summed E-state index contributed by atoms with van der Waals surface area (Å²) in [6.07, 6.45) is 1.47. The van der Waals surface area contributed by atoms with Crippen molar-refractivity contribution in [3.8, 4) is 0 Å². The Morgan fingerprint density at radius 2 is 1.59 bits per heavy atom. The van der Waals surface area contributed by atoms with E-state index in [2.05, 4.69) is 34.8 Å². The number of anilines is 2. The molecule has 4 N–H and O–H groups in total. The van der Waals surface area contributed by atoms with Crippen molar-refractivity contribution in [1.29, 1.82) is 0 Å². The third-order valence-electron chi connectivity index (χ3n) is 7.05. The first kappa shape index (κ1) is 26.9. The Morgan fingerprint density at radius 3 is 2.27 bits per heavy atom. The number of hydrogen-bond acceptors (Lipinski definition) is 8. The van der Waals surface area contributed by atoms with Gasteiger partial charge in [-0.1, -0.05) is 50.2 Å². The number of benzene rings is 2. The molecule has 0 spiro atoms. The smallest absolute Gasteiger partial charge is 0.156 e. The van der Waals surface area contributed by atoms with Gasteiger partial charge in [0.15, 0.2) is 11.6 Å². The lowest BCUT2D eigenvalue weighted by atomic mass is 10.1. The zero-order chi connectivity index (χ0) is 28.9. The fourth-order valence-corrected chi connectivity index (χ4v) is 5.42. The van der Waals surface area contributed by atoms with Gasteiger partial charge in [0.1, 0.15) is 29.7 Å². The second kappa shape index (κ2) is 10.3. The Bertz CT molecular complexity index is 1880. The van der Waals surface area contributed by atoms with Gasteiger partial charge in [0.2, 0.25) is 0 Å². The van der Waals surface area contributed by atoms with E-state index in [1.165, 1.54) is 0 Å². The molecule has 0 amide bonds. The number of hydrogen-bond donors (Lipinski definition) is 3. The van der Waals surface area contributed by atoms with E-state index in [1.54, 1.807) is 13.8 Å². The van der Waals surface area contributed by atoms with E-state index < -0.39 is 11.8 Å². The highest BCUT2D eigenvalue weighted by Crippen LogP contribution is 2.32. The van der Waals surface area contributed by atoms with E-state index in [9.17, 15) is 5.11 Å². The maximum atomic E-state index is 10.8. The maximum Gasteiger partial charge on any atom is 0.156 e. The van der Waals surface area contributed by atoms with Crippen LogP contribution in [0, 0.1) is 5.92 Å². The zero-order valence-corrected chi connectivity index (χ0v) is 24.1. The number of aliphatic hydroxyl groups is 1. The molecule has 0 aliphatic heterocycles. The van der Waals surface area contributed by atoms with Gasteiger partial charge in [0.25, 0.3) is 0 Å². The average Bonchev–Trinajstić information content (AvgIpc) is 3.49.